The summed E-state index contributed by atoms with van der Waals surface area (Å²) in [4.78, 5) is 6.17. The third kappa shape index (κ3) is 3.58. The number of benzene rings is 1. The molecular formula is C13H13N3O2S2. The normalized spacial score (nSPS) is 11.2. The topological polar surface area (TPSA) is 96.9 Å². The molecule has 0 aliphatic rings. The molecule has 1 heterocycles. The Morgan fingerprint density at radius 2 is 1.75 bits per heavy atom. The van der Waals surface area contributed by atoms with Crippen LogP contribution >= 0.6 is 11.8 Å². The molecule has 0 fully saturated rings. The molecule has 0 atom stereocenters. The van der Waals surface area contributed by atoms with Crippen LogP contribution in [-0.4, -0.2) is 25.5 Å². The van der Waals surface area contributed by atoms with Crippen LogP contribution < -0.4 is 5.73 Å². The highest BCUT2D eigenvalue weighted by Gasteiger charge is 2.07. The zero-order valence-electron chi connectivity index (χ0n) is 10.7. The monoisotopic (exact) mass is 307 g/mol. The first-order valence-corrected chi connectivity index (χ1v) is 8.35. The lowest BCUT2D eigenvalue weighted by Crippen LogP contribution is -2.12. The van der Waals surface area contributed by atoms with E-state index in [2.05, 4.69) is 4.98 Å². The van der Waals surface area contributed by atoms with Gasteiger partial charge in [0.1, 0.15) is 11.5 Å². The SMILES string of the molecule is CS(=O)(=O)c1ccc(Sc2ccc(C(=N)N)nc2)cc1. The fraction of sp³-hybridized carbons (Fsp3) is 0.0769. The molecule has 0 radical (unpaired) electrons. The van der Waals surface area contributed by atoms with Crippen molar-refractivity contribution in [1.82, 2.24) is 4.98 Å². The lowest BCUT2D eigenvalue weighted by Gasteiger charge is -2.04. The van der Waals surface area contributed by atoms with Gasteiger partial charge in [-0.3, -0.25) is 10.4 Å². The molecule has 5 nitrogen and oxygen atoms in total. The number of sulfone groups is 1. The van der Waals surface area contributed by atoms with Gasteiger partial charge in [0, 0.05) is 22.2 Å². The van der Waals surface area contributed by atoms with Gasteiger partial charge in [0.25, 0.3) is 0 Å². The van der Waals surface area contributed by atoms with Crippen LogP contribution in [0.3, 0.4) is 0 Å². The second-order valence-electron chi connectivity index (χ2n) is 4.14. The molecule has 1 aromatic heterocycles. The molecule has 7 heteroatoms. The van der Waals surface area contributed by atoms with Crippen molar-refractivity contribution in [2.75, 3.05) is 6.26 Å². The summed E-state index contributed by atoms with van der Waals surface area (Å²) in [6, 6.07) is 10.2. The van der Waals surface area contributed by atoms with Crippen molar-refractivity contribution in [1.29, 1.82) is 5.41 Å². The van der Waals surface area contributed by atoms with Crippen molar-refractivity contribution in [3.63, 3.8) is 0 Å². The highest BCUT2D eigenvalue weighted by atomic mass is 32.2. The Labute approximate surface area is 121 Å². The van der Waals surface area contributed by atoms with Gasteiger partial charge < -0.3 is 5.73 Å². The van der Waals surface area contributed by atoms with Crippen LogP contribution in [0.2, 0.25) is 0 Å². The van der Waals surface area contributed by atoms with Gasteiger partial charge in [-0.15, -0.1) is 0 Å². The Balaban J connectivity index is 2.16. The van der Waals surface area contributed by atoms with E-state index in [1.807, 2.05) is 6.07 Å². The van der Waals surface area contributed by atoms with E-state index in [0.29, 0.717) is 10.6 Å². The van der Waals surface area contributed by atoms with Crippen molar-refractivity contribution >= 4 is 27.4 Å². The number of rotatable bonds is 4. The van der Waals surface area contributed by atoms with E-state index in [1.165, 1.54) is 18.0 Å². The first kappa shape index (κ1) is 14.5. The summed E-state index contributed by atoms with van der Waals surface area (Å²) in [5.74, 6) is -0.0703. The maximum absolute atomic E-state index is 11.4. The molecule has 1 aromatic carbocycles. The summed E-state index contributed by atoms with van der Waals surface area (Å²) in [6.45, 7) is 0. The lowest BCUT2D eigenvalue weighted by atomic mass is 10.3. The quantitative estimate of drug-likeness (QED) is 0.664. The number of hydrogen-bond donors (Lipinski definition) is 2. The van der Waals surface area contributed by atoms with Crippen molar-refractivity contribution < 1.29 is 8.42 Å². The van der Waals surface area contributed by atoms with Gasteiger partial charge in [-0.1, -0.05) is 11.8 Å². The van der Waals surface area contributed by atoms with E-state index in [0.717, 1.165) is 9.79 Å². The molecular weight excluding hydrogens is 294 g/mol. The zero-order chi connectivity index (χ0) is 14.8. The van der Waals surface area contributed by atoms with Crippen molar-refractivity contribution in [3.8, 4) is 0 Å². The third-order valence-electron chi connectivity index (χ3n) is 2.50. The number of nitrogens with zero attached hydrogens (tertiary/aromatic N) is 1. The van der Waals surface area contributed by atoms with Gasteiger partial charge in [-0.05, 0) is 36.4 Å². The zero-order valence-corrected chi connectivity index (χ0v) is 12.3. The van der Waals surface area contributed by atoms with Crippen LogP contribution in [-0.2, 0) is 9.84 Å². The summed E-state index contributed by atoms with van der Waals surface area (Å²) in [5.41, 5.74) is 5.76. The number of amidine groups is 1. The lowest BCUT2D eigenvalue weighted by molar-refractivity contribution is 0.602. The summed E-state index contributed by atoms with van der Waals surface area (Å²) in [7, 11) is -3.17. The van der Waals surface area contributed by atoms with Gasteiger partial charge in [0.05, 0.1) is 4.90 Å². The van der Waals surface area contributed by atoms with Gasteiger partial charge in [-0.25, -0.2) is 8.42 Å². The minimum Gasteiger partial charge on any atom is -0.382 e. The van der Waals surface area contributed by atoms with E-state index >= 15 is 0 Å². The van der Waals surface area contributed by atoms with Crippen LogP contribution in [0.25, 0.3) is 0 Å². The Hall–Kier alpha value is -1.86. The Morgan fingerprint density at radius 1 is 1.15 bits per heavy atom. The van der Waals surface area contributed by atoms with Crippen molar-refractivity contribution in [3.05, 3.63) is 48.3 Å². The summed E-state index contributed by atoms with van der Waals surface area (Å²) in [6.07, 6.45) is 2.81. The maximum Gasteiger partial charge on any atom is 0.175 e. The fourth-order valence-electron chi connectivity index (χ4n) is 1.49. The first-order chi connectivity index (χ1) is 9.36. The molecule has 104 valence electrons. The van der Waals surface area contributed by atoms with Crippen molar-refractivity contribution in [2.24, 2.45) is 5.73 Å². The summed E-state index contributed by atoms with van der Waals surface area (Å²) < 4.78 is 22.7. The number of pyridine rings is 1. The predicted molar refractivity (Wildman–Crippen MR) is 78.9 cm³/mol. The number of nitrogens with one attached hydrogen (secondary N) is 1. The van der Waals surface area contributed by atoms with Gasteiger partial charge in [0.15, 0.2) is 9.84 Å². The van der Waals surface area contributed by atoms with E-state index < -0.39 is 9.84 Å². The fourth-order valence-corrected chi connectivity index (χ4v) is 2.91. The maximum atomic E-state index is 11.4. The minimum absolute atomic E-state index is 0.0703. The van der Waals surface area contributed by atoms with Crippen molar-refractivity contribution in [2.45, 2.75) is 14.7 Å². The highest BCUT2D eigenvalue weighted by Crippen LogP contribution is 2.27. The van der Waals surface area contributed by atoms with Gasteiger partial charge in [-0.2, -0.15) is 0 Å². The predicted octanol–water partition coefficient (Wildman–Crippen LogP) is 1.92. The summed E-state index contributed by atoms with van der Waals surface area (Å²) >= 11 is 1.46. The molecule has 0 amide bonds. The van der Waals surface area contributed by atoms with E-state index in [9.17, 15) is 8.42 Å². The van der Waals surface area contributed by atoms with E-state index in [-0.39, 0.29) is 5.84 Å². The third-order valence-corrected chi connectivity index (χ3v) is 4.61. The smallest absolute Gasteiger partial charge is 0.175 e. The van der Waals surface area contributed by atoms with E-state index in [4.69, 9.17) is 11.1 Å². The number of hydrogen-bond acceptors (Lipinski definition) is 5. The average molecular weight is 307 g/mol. The average Bonchev–Trinajstić information content (AvgIpc) is 2.39. The Bertz CT molecular complexity index is 723. The Morgan fingerprint density at radius 3 is 2.20 bits per heavy atom. The molecule has 0 saturated carbocycles. The van der Waals surface area contributed by atoms with E-state index in [1.54, 1.807) is 36.5 Å². The van der Waals surface area contributed by atoms with Crippen LogP contribution in [0, 0.1) is 5.41 Å². The number of aromatic nitrogens is 1. The number of nitrogen functional groups attached to an aromatic ring is 1. The van der Waals surface area contributed by atoms with Gasteiger partial charge >= 0.3 is 0 Å². The molecule has 2 rings (SSSR count). The van der Waals surface area contributed by atoms with Crippen LogP contribution in [0.1, 0.15) is 5.69 Å². The van der Waals surface area contributed by atoms with Gasteiger partial charge in [0.2, 0.25) is 0 Å². The molecule has 0 saturated heterocycles. The standard InChI is InChI=1S/C13H13N3O2S2/c1-20(17,18)11-5-2-9(3-6-11)19-10-4-7-12(13(14)15)16-8-10/h2-8H,1H3,(H3,14,15). The molecule has 3 N–H and O–H groups in total. The molecule has 0 unspecified atom stereocenters. The molecule has 0 aliphatic heterocycles. The second kappa shape index (κ2) is 5.64. The summed E-state index contributed by atoms with van der Waals surface area (Å²) in [5, 5.41) is 7.26. The molecule has 0 spiro atoms. The number of nitrogens with two attached hydrogens (primary N) is 1. The molecule has 2 aromatic rings. The molecule has 0 aliphatic carbocycles. The minimum atomic E-state index is -3.17. The first-order valence-electron chi connectivity index (χ1n) is 5.65. The van der Waals surface area contributed by atoms with Crippen LogP contribution in [0.15, 0.2) is 57.3 Å². The van der Waals surface area contributed by atoms with Crippen LogP contribution in [0.4, 0.5) is 0 Å². The van der Waals surface area contributed by atoms with Crippen LogP contribution in [0.5, 0.6) is 0 Å². The second-order valence-corrected chi connectivity index (χ2v) is 7.30. The highest BCUT2D eigenvalue weighted by molar-refractivity contribution is 7.99. The Kier molecular flexibility index (Phi) is 4.10. The largest absolute Gasteiger partial charge is 0.382 e. The molecule has 20 heavy (non-hydrogen) atoms. The molecule has 0 bridgehead atoms.